The lowest BCUT2D eigenvalue weighted by molar-refractivity contribution is 0.403. The van der Waals surface area contributed by atoms with Crippen molar-refractivity contribution in [2.45, 2.75) is 17.7 Å². The summed E-state index contributed by atoms with van der Waals surface area (Å²) < 4.78 is 6.30. The number of rotatable bonds is 3. The Morgan fingerprint density at radius 3 is 2.75 bits per heavy atom. The molecule has 0 bridgehead atoms. The maximum Gasteiger partial charge on any atom is 0.137 e. The van der Waals surface area contributed by atoms with Gasteiger partial charge in [0.2, 0.25) is 0 Å². The molecule has 0 aromatic heterocycles. The van der Waals surface area contributed by atoms with Gasteiger partial charge in [-0.2, -0.15) is 0 Å². The van der Waals surface area contributed by atoms with E-state index in [0.29, 0.717) is 10.9 Å². The number of methoxy groups -OCH3 is 1. The molecule has 104 valence electrons. The van der Waals surface area contributed by atoms with Crippen molar-refractivity contribution in [3.63, 3.8) is 0 Å². The Hall–Kier alpha value is -0.700. The van der Waals surface area contributed by atoms with Gasteiger partial charge in [0.1, 0.15) is 5.75 Å². The SMILES string of the molecule is COc1c(Br)cc(Cl)cc1C(Cl)C1Cc2ccccc21. The third kappa shape index (κ3) is 2.34. The van der Waals surface area contributed by atoms with Crippen molar-refractivity contribution in [2.24, 2.45) is 0 Å². The van der Waals surface area contributed by atoms with Gasteiger partial charge in [-0.3, -0.25) is 0 Å². The highest BCUT2D eigenvalue weighted by Crippen LogP contribution is 2.50. The normalized spacial score (nSPS) is 18.1. The summed E-state index contributed by atoms with van der Waals surface area (Å²) in [5.41, 5.74) is 3.64. The van der Waals surface area contributed by atoms with Crippen LogP contribution in [0.2, 0.25) is 5.02 Å². The molecule has 0 radical (unpaired) electrons. The summed E-state index contributed by atoms with van der Waals surface area (Å²) in [7, 11) is 1.65. The van der Waals surface area contributed by atoms with Crippen LogP contribution in [0.5, 0.6) is 5.75 Å². The van der Waals surface area contributed by atoms with Crippen LogP contribution in [0.25, 0.3) is 0 Å². The third-order valence-corrected chi connectivity index (χ3v) is 5.13. The van der Waals surface area contributed by atoms with Crippen LogP contribution in [0.1, 0.15) is 28.0 Å². The maximum absolute atomic E-state index is 6.70. The van der Waals surface area contributed by atoms with E-state index < -0.39 is 0 Å². The Morgan fingerprint density at radius 2 is 2.05 bits per heavy atom. The highest BCUT2D eigenvalue weighted by atomic mass is 79.9. The van der Waals surface area contributed by atoms with Crippen molar-refractivity contribution >= 4 is 39.1 Å². The van der Waals surface area contributed by atoms with E-state index in [1.165, 1.54) is 11.1 Å². The van der Waals surface area contributed by atoms with Crippen LogP contribution < -0.4 is 4.74 Å². The Morgan fingerprint density at radius 1 is 1.30 bits per heavy atom. The minimum atomic E-state index is -0.144. The first-order valence-corrected chi connectivity index (χ1v) is 7.97. The minimum absolute atomic E-state index is 0.144. The van der Waals surface area contributed by atoms with Gasteiger partial charge in [0, 0.05) is 16.5 Å². The third-order valence-electron chi connectivity index (χ3n) is 3.79. The van der Waals surface area contributed by atoms with Crippen LogP contribution in [-0.2, 0) is 6.42 Å². The molecule has 0 saturated carbocycles. The van der Waals surface area contributed by atoms with Gasteiger partial charge in [-0.15, -0.1) is 11.6 Å². The highest BCUT2D eigenvalue weighted by molar-refractivity contribution is 9.10. The van der Waals surface area contributed by atoms with Gasteiger partial charge in [0.25, 0.3) is 0 Å². The van der Waals surface area contributed by atoms with E-state index >= 15 is 0 Å². The Balaban J connectivity index is 1.98. The summed E-state index contributed by atoms with van der Waals surface area (Å²) in [6.45, 7) is 0. The van der Waals surface area contributed by atoms with Gasteiger partial charge in [-0.05, 0) is 45.6 Å². The van der Waals surface area contributed by atoms with E-state index in [1.54, 1.807) is 7.11 Å². The first kappa shape index (κ1) is 14.2. The molecule has 1 aliphatic carbocycles. The Bertz CT molecular complexity index is 657. The predicted octanol–water partition coefficient (Wildman–Crippen LogP) is 5.73. The summed E-state index contributed by atoms with van der Waals surface area (Å²) in [6.07, 6.45) is 0.998. The molecule has 0 heterocycles. The smallest absolute Gasteiger partial charge is 0.137 e. The second kappa shape index (κ2) is 5.59. The molecular formula is C16H13BrCl2O. The molecule has 0 fully saturated rings. The molecule has 0 amide bonds. The number of benzene rings is 2. The summed E-state index contributed by atoms with van der Waals surface area (Å²) in [4.78, 5) is 0. The standard InChI is InChI=1S/C16H13BrCl2O/c1-20-16-13(7-10(18)8-14(16)17)15(19)12-6-9-4-2-3-5-11(9)12/h2-5,7-8,12,15H,6H2,1H3. The average molecular weight is 372 g/mol. The lowest BCUT2D eigenvalue weighted by Crippen LogP contribution is -2.21. The lowest BCUT2D eigenvalue weighted by atomic mass is 9.74. The van der Waals surface area contributed by atoms with Crippen molar-refractivity contribution in [2.75, 3.05) is 7.11 Å². The van der Waals surface area contributed by atoms with Crippen molar-refractivity contribution in [1.29, 1.82) is 0 Å². The second-order valence-corrected chi connectivity index (χ2v) is 6.68. The largest absolute Gasteiger partial charge is 0.495 e. The monoisotopic (exact) mass is 370 g/mol. The summed E-state index contributed by atoms with van der Waals surface area (Å²) in [6, 6.07) is 12.1. The van der Waals surface area contributed by atoms with Crippen LogP contribution in [0.4, 0.5) is 0 Å². The first-order chi connectivity index (χ1) is 9.61. The van der Waals surface area contributed by atoms with E-state index in [9.17, 15) is 0 Å². The molecule has 4 heteroatoms. The minimum Gasteiger partial charge on any atom is -0.495 e. The first-order valence-electron chi connectivity index (χ1n) is 6.36. The zero-order valence-electron chi connectivity index (χ0n) is 10.9. The van der Waals surface area contributed by atoms with Crippen LogP contribution in [-0.4, -0.2) is 7.11 Å². The van der Waals surface area contributed by atoms with E-state index in [-0.39, 0.29) is 5.38 Å². The number of ether oxygens (including phenoxy) is 1. The van der Waals surface area contributed by atoms with Gasteiger partial charge in [0.15, 0.2) is 0 Å². The van der Waals surface area contributed by atoms with Gasteiger partial charge >= 0.3 is 0 Å². The van der Waals surface area contributed by atoms with Gasteiger partial charge < -0.3 is 4.74 Å². The van der Waals surface area contributed by atoms with Gasteiger partial charge in [-0.1, -0.05) is 35.9 Å². The average Bonchev–Trinajstić information content (AvgIpc) is 2.39. The van der Waals surface area contributed by atoms with E-state index in [1.807, 2.05) is 12.1 Å². The maximum atomic E-state index is 6.70. The molecular weight excluding hydrogens is 359 g/mol. The topological polar surface area (TPSA) is 9.23 Å². The number of hydrogen-bond donors (Lipinski definition) is 0. The zero-order valence-corrected chi connectivity index (χ0v) is 14.0. The molecule has 2 aromatic rings. The molecule has 3 rings (SSSR count). The summed E-state index contributed by atoms with van der Waals surface area (Å²) >= 11 is 16.3. The fraction of sp³-hybridized carbons (Fsp3) is 0.250. The number of hydrogen-bond acceptors (Lipinski definition) is 1. The van der Waals surface area contributed by atoms with Crippen molar-refractivity contribution in [3.05, 3.63) is 62.6 Å². The molecule has 20 heavy (non-hydrogen) atoms. The molecule has 2 aromatic carbocycles. The number of alkyl halides is 1. The van der Waals surface area contributed by atoms with Crippen molar-refractivity contribution in [3.8, 4) is 5.75 Å². The van der Waals surface area contributed by atoms with Gasteiger partial charge in [0.05, 0.1) is 17.0 Å². The lowest BCUT2D eigenvalue weighted by Gasteiger charge is -2.34. The van der Waals surface area contributed by atoms with Crippen LogP contribution >= 0.6 is 39.1 Å². The fourth-order valence-electron chi connectivity index (χ4n) is 2.78. The quantitative estimate of drug-likeness (QED) is 0.626. The predicted molar refractivity (Wildman–Crippen MR) is 87.2 cm³/mol. The molecule has 2 atom stereocenters. The van der Waals surface area contributed by atoms with E-state index in [4.69, 9.17) is 27.9 Å². The Labute approximate surface area is 137 Å². The molecule has 2 unspecified atom stereocenters. The zero-order chi connectivity index (χ0) is 14.3. The van der Waals surface area contributed by atoms with Crippen LogP contribution in [0.3, 0.4) is 0 Å². The molecule has 0 aliphatic heterocycles. The number of fused-ring (bicyclic) bond motifs is 1. The summed E-state index contributed by atoms with van der Waals surface area (Å²) in [5, 5.41) is 0.515. The molecule has 0 N–H and O–H groups in total. The van der Waals surface area contributed by atoms with Crippen molar-refractivity contribution in [1.82, 2.24) is 0 Å². The van der Waals surface area contributed by atoms with E-state index in [2.05, 4.69) is 40.2 Å². The van der Waals surface area contributed by atoms with Gasteiger partial charge in [-0.25, -0.2) is 0 Å². The van der Waals surface area contributed by atoms with Crippen LogP contribution in [0, 0.1) is 0 Å². The highest BCUT2D eigenvalue weighted by Gasteiger charge is 2.34. The molecule has 0 saturated heterocycles. The molecule has 1 nitrogen and oxygen atoms in total. The molecule has 0 spiro atoms. The fourth-order valence-corrected chi connectivity index (χ4v) is 4.16. The van der Waals surface area contributed by atoms with E-state index in [0.717, 1.165) is 22.2 Å². The second-order valence-electron chi connectivity index (χ2n) is 4.92. The van der Waals surface area contributed by atoms with Crippen LogP contribution in [0.15, 0.2) is 40.9 Å². The molecule has 1 aliphatic rings. The Kier molecular flexibility index (Phi) is 3.98. The number of halogens is 3. The van der Waals surface area contributed by atoms with Crippen molar-refractivity contribution < 1.29 is 4.74 Å². The summed E-state index contributed by atoms with van der Waals surface area (Å²) in [5.74, 6) is 1.07.